The van der Waals surface area contributed by atoms with Gasteiger partial charge in [0, 0.05) is 6.54 Å². The highest BCUT2D eigenvalue weighted by atomic mass is 16.2. The van der Waals surface area contributed by atoms with E-state index >= 15 is 0 Å². The minimum absolute atomic E-state index is 0.0271. The van der Waals surface area contributed by atoms with Gasteiger partial charge in [0.15, 0.2) is 0 Å². The molecule has 0 aromatic rings. The van der Waals surface area contributed by atoms with Crippen LogP contribution in [0.2, 0.25) is 0 Å². The Morgan fingerprint density at radius 1 is 1.31 bits per heavy atom. The van der Waals surface area contributed by atoms with Gasteiger partial charge < -0.3 is 11.1 Å². The molecule has 0 saturated heterocycles. The van der Waals surface area contributed by atoms with Gasteiger partial charge >= 0.3 is 0 Å². The summed E-state index contributed by atoms with van der Waals surface area (Å²) in [6.45, 7) is 5.01. The molecule has 1 atom stereocenters. The predicted octanol–water partition coefficient (Wildman–Crippen LogP) is 2.06. The maximum Gasteiger partial charge on any atom is 0.236 e. The van der Waals surface area contributed by atoms with Crippen molar-refractivity contribution in [1.29, 1.82) is 0 Å². The molecule has 94 valence electrons. The van der Waals surface area contributed by atoms with E-state index in [1.54, 1.807) is 0 Å². The fourth-order valence-electron chi connectivity index (χ4n) is 2.38. The van der Waals surface area contributed by atoms with Crippen molar-refractivity contribution in [3.05, 3.63) is 0 Å². The SMILES string of the molecule is CC(C)CC(N)C(=O)NCC1CCCCC1. The highest BCUT2D eigenvalue weighted by molar-refractivity contribution is 5.81. The van der Waals surface area contributed by atoms with Crippen LogP contribution >= 0.6 is 0 Å². The molecule has 0 aliphatic heterocycles. The topological polar surface area (TPSA) is 55.1 Å². The lowest BCUT2D eigenvalue weighted by atomic mass is 9.89. The van der Waals surface area contributed by atoms with Gasteiger partial charge in [-0.05, 0) is 31.1 Å². The lowest BCUT2D eigenvalue weighted by Crippen LogP contribution is -2.43. The molecule has 1 fully saturated rings. The summed E-state index contributed by atoms with van der Waals surface area (Å²) in [5.41, 5.74) is 5.82. The third-order valence-electron chi connectivity index (χ3n) is 3.35. The van der Waals surface area contributed by atoms with E-state index in [-0.39, 0.29) is 11.9 Å². The van der Waals surface area contributed by atoms with Crippen LogP contribution in [0.3, 0.4) is 0 Å². The molecule has 3 N–H and O–H groups in total. The Bertz CT molecular complexity index is 210. The number of hydrogen-bond acceptors (Lipinski definition) is 2. The molecular formula is C13H26N2O. The minimum Gasteiger partial charge on any atom is -0.354 e. The fourth-order valence-corrected chi connectivity index (χ4v) is 2.38. The van der Waals surface area contributed by atoms with Crippen molar-refractivity contribution in [2.75, 3.05) is 6.54 Å². The standard InChI is InChI=1S/C13H26N2O/c1-10(2)8-12(14)13(16)15-9-11-6-4-3-5-7-11/h10-12H,3-9,14H2,1-2H3,(H,15,16). The molecule has 3 nitrogen and oxygen atoms in total. The average molecular weight is 226 g/mol. The van der Waals surface area contributed by atoms with E-state index in [0.29, 0.717) is 11.8 Å². The number of nitrogens with two attached hydrogens (primary N) is 1. The molecule has 0 radical (unpaired) electrons. The lowest BCUT2D eigenvalue weighted by molar-refractivity contribution is -0.122. The number of carbonyl (C=O) groups is 1. The maximum absolute atomic E-state index is 11.7. The van der Waals surface area contributed by atoms with E-state index in [1.807, 2.05) is 0 Å². The second-order valence-electron chi connectivity index (χ2n) is 5.49. The largest absolute Gasteiger partial charge is 0.354 e. The molecule has 0 heterocycles. The van der Waals surface area contributed by atoms with Gasteiger partial charge in [-0.2, -0.15) is 0 Å². The van der Waals surface area contributed by atoms with E-state index in [9.17, 15) is 4.79 Å². The van der Waals surface area contributed by atoms with Crippen molar-refractivity contribution in [3.8, 4) is 0 Å². The average Bonchev–Trinajstić information content (AvgIpc) is 2.26. The monoisotopic (exact) mass is 226 g/mol. The first-order valence-electron chi connectivity index (χ1n) is 6.63. The molecule has 0 bridgehead atoms. The first kappa shape index (κ1) is 13.5. The third kappa shape index (κ3) is 4.97. The summed E-state index contributed by atoms with van der Waals surface area (Å²) in [4.78, 5) is 11.7. The van der Waals surface area contributed by atoms with Crippen LogP contribution in [0.15, 0.2) is 0 Å². The van der Waals surface area contributed by atoms with Gasteiger partial charge in [-0.15, -0.1) is 0 Å². The van der Waals surface area contributed by atoms with Crippen LogP contribution in [0.4, 0.5) is 0 Å². The first-order valence-corrected chi connectivity index (χ1v) is 6.63. The summed E-state index contributed by atoms with van der Waals surface area (Å²) >= 11 is 0. The Kier molecular flexibility index (Phi) is 5.81. The van der Waals surface area contributed by atoms with Gasteiger partial charge in [0.1, 0.15) is 0 Å². The third-order valence-corrected chi connectivity index (χ3v) is 3.35. The molecule has 16 heavy (non-hydrogen) atoms. The Hall–Kier alpha value is -0.570. The summed E-state index contributed by atoms with van der Waals surface area (Å²) in [6, 6.07) is -0.330. The molecule has 1 aliphatic rings. The number of carbonyl (C=O) groups excluding carboxylic acids is 1. The normalized spacial score (nSPS) is 19.8. The summed E-state index contributed by atoms with van der Waals surface area (Å²) in [5.74, 6) is 1.19. The molecule has 1 saturated carbocycles. The molecule has 1 rings (SSSR count). The Morgan fingerprint density at radius 3 is 2.50 bits per heavy atom. The van der Waals surface area contributed by atoms with Gasteiger partial charge in [0.2, 0.25) is 5.91 Å². The van der Waals surface area contributed by atoms with Crippen LogP contribution in [-0.2, 0) is 4.79 Å². The maximum atomic E-state index is 11.7. The summed E-state index contributed by atoms with van der Waals surface area (Å²) in [7, 11) is 0. The first-order chi connectivity index (χ1) is 7.59. The van der Waals surface area contributed by atoms with Crippen LogP contribution in [0.1, 0.15) is 52.4 Å². The molecule has 0 aromatic carbocycles. The Labute approximate surface area is 99.2 Å². The Balaban J connectivity index is 2.17. The van der Waals surface area contributed by atoms with E-state index < -0.39 is 0 Å². The van der Waals surface area contributed by atoms with Crippen LogP contribution < -0.4 is 11.1 Å². The van der Waals surface area contributed by atoms with Crippen LogP contribution in [-0.4, -0.2) is 18.5 Å². The smallest absolute Gasteiger partial charge is 0.236 e. The molecule has 1 aliphatic carbocycles. The quantitative estimate of drug-likeness (QED) is 0.754. The number of hydrogen-bond donors (Lipinski definition) is 2. The van der Waals surface area contributed by atoms with E-state index in [4.69, 9.17) is 5.73 Å². The minimum atomic E-state index is -0.330. The van der Waals surface area contributed by atoms with Gasteiger partial charge in [-0.3, -0.25) is 4.79 Å². The molecular weight excluding hydrogens is 200 g/mol. The lowest BCUT2D eigenvalue weighted by Gasteiger charge is -2.23. The molecule has 1 unspecified atom stereocenters. The summed E-state index contributed by atoms with van der Waals surface area (Å²) < 4.78 is 0. The highest BCUT2D eigenvalue weighted by Crippen LogP contribution is 2.22. The summed E-state index contributed by atoms with van der Waals surface area (Å²) in [6.07, 6.45) is 7.30. The Morgan fingerprint density at radius 2 is 1.94 bits per heavy atom. The van der Waals surface area contributed by atoms with Crippen LogP contribution in [0.25, 0.3) is 0 Å². The van der Waals surface area contributed by atoms with E-state index in [0.717, 1.165) is 13.0 Å². The predicted molar refractivity (Wildman–Crippen MR) is 67.0 cm³/mol. The zero-order valence-corrected chi connectivity index (χ0v) is 10.7. The van der Waals surface area contributed by atoms with Gasteiger partial charge in [-0.25, -0.2) is 0 Å². The van der Waals surface area contributed by atoms with Crippen molar-refractivity contribution in [1.82, 2.24) is 5.32 Å². The van der Waals surface area contributed by atoms with Crippen LogP contribution in [0.5, 0.6) is 0 Å². The van der Waals surface area contributed by atoms with Gasteiger partial charge in [-0.1, -0.05) is 33.1 Å². The fraction of sp³-hybridized carbons (Fsp3) is 0.923. The van der Waals surface area contributed by atoms with Crippen molar-refractivity contribution < 1.29 is 4.79 Å². The van der Waals surface area contributed by atoms with E-state index in [1.165, 1.54) is 32.1 Å². The van der Waals surface area contributed by atoms with Crippen molar-refractivity contribution in [2.45, 2.75) is 58.4 Å². The zero-order chi connectivity index (χ0) is 12.0. The zero-order valence-electron chi connectivity index (χ0n) is 10.7. The summed E-state index contributed by atoms with van der Waals surface area (Å²) in [5, 5.41) is 2.99. The molecule has 0 aromatic heterocycles. The molecule has 3 heteroatoms. The second kappa shape index (κ2) is 6.89. The number of rotatable bonds is 5. The van der Waals surface area contributed by atoms with E-state index in [2.05, 4.69) is 19.2 Å². The highest BCUT2D eigenvalue weighted by Gasteiger charge is 2.18. The molecule has 1 amide bonds. The van der Waals surface area contributed by atoms with Crippen molar-refractivity contribution in [2.24, 2.45) is 17.6 Å². The van der Waals surface area contributed by atoms with Crippen LogP contribution in [0, 0.1) is 11.8 Å². The van der Waals surface area contributed by atoms with Crippen molar-refractivity contribution in [3.63, 3.8) is 0 Å². The second-order valence-corrected chi connectivity index (χ2v) is 5.49. The number of nitrogens with one attached hydrogen (secondary N) is 1. The van der Waals surface area contributed by atoms with Gasteiger partial charge in [0.25, 0.3) is 0 Å². The number of amides is 1. The van der Waals surface area contributed by atoms with Crippen molar-refractivity contribution >= 4 is 5.91 Å². The van der Waals surface area contributed by atoms with Gasteiger partial charge in [0.05, 0.1) is 6.04 Å². The molecule has 0 spiro atoms.